The number of carbonyl (C=O) groups excluding carboxylic acids is 1. The van der Waals surface area contributed by atoms with Crippen molar-refractivity contribution in [3.63, 3.8) is 0 Å². The number of carbonyl (C=O) groups is 1. The molecule has 1 amide bonds. The molecule has 0 aliphatic heterocycles. The van der Waals surface area contributed by atoms with Crippen molar-refractivity contribution in [3.05, 3.63) is 0 Å². The summed E-state index contributed by atoms with van der Waals surface area (Å²) in [5.41, 5.74) is 3.68. The van der Waals surface area contributed by atoms with Crippen molar-refractivity contribution in [2.24, 2.45) is 0 Å². The van der Waals surface area contributed by atoms with E-state index in [1.54, 1.807) is 11.9 Å². The minimum atomic E-state index is -0.504. The summed E-state index contributed by atoms with van der Waals surface area (Å²) in [6.07, 6.45) is -0.504. The van der Waals surface area contributed by atoms with E-state index in [9.17, 15) is 4.79 Å². The standard InChI is InChI=1S/C7H15N2O2/c1-4-9(5-2)8-7(10)11-6-3/h4-6H2,1-3H3. The van der Waals surface area contributed by atoms with E-state index in [1.165, 1.54) is 0 Å². The van der Waals surface area contributed by atoms with Gasteiger partial charge in [0.2, 0.25) is 0 Å². The summed E-state index contributed by atoms with van der Waals surface area (Å²) in [6, 6.07) is 0. The van der Waals surface area contributed by atoms with Gasteiger partial charge in [-0.3, -0.25) is 0 Å². The molecular weight excluding hydrogens is 144 g/mol. The van der Waals surface area contributed by atoms with E-state index >= 15 is 0 Å². The fraction of sp³-hybridized carbons (Fsp3) is 0.857. The van der Waals surface area contributed by atoms with E-state index in [0.29, 0.717) is 6.61 Å². The molecule has 0 aromatic rings. The number of hydrogen-bond donors (Lipinski definition) is 0. The summed E-state index contributed by atoms with van der Waals surface area (Å²) in [7, 11) is 0. The van der Waals surface area contributed by atoms with E-state index in [2.05, 4.69) is 10.2 Å². The second kappa shape index (κ2) is 5.97. The maximum atomic E-state index is 10.7. The molecule has 0 fully saturated rings. The maximum Gasteiger partial charge on any atom is 0.445 e. The molecular formula is C7H15N2O2. The molecule has 0 unspecified atom stereocenters. The van der Waals surface area contributed by atoms with Crippen LogP contribution >= 0.6 is 0 Å². The van der Waals surface area contributed by atoms with Crippen LogP contribution in [0, 0.1) is 0 Å². The van der Waals surface area contributed by atoms with Crippen molar-refractivity contribution < 1.29 is 9.53 Å². The van der Waals surface area contributed by atoms with Gasteiger partial charge in [0.1, 0.15) is 0 Å². The monoisotopic (exact) mass is 159 g/mol. The van der Waals surface area contributed by atoms with Gasteiger partial charge in [0.05, 0.1) is 6.61 Å². The summed E-state index contributed by atoms with van der Waals surface area (Å²) in [6.45, 7) is 7.47. The van der Waals surface area contributed by atoms with E-state index in [-0.39, 0.29) is 0 Å². The lowest BCUT2D eigenvalue weighted by Gasteiger charge is -2.14. The minimum absolute atomic E-state index is 0.379. The van der Waals surface area contributed by atoms with Crippen molar-refractivity contribution in [3.8, 4) is 0 Å². The van der Waals surface area contributed by atoms with Crippen LogP contribution in [-0.2, 0) is 4.74 Å². The van der Waals surface area contributed by atoms with Gasteiger partial charge < -0.3 is 4.74 Å². The molecule has 65 valence electrons. The Balaban J connectivity index is 3.54. The highest BCUT2D eigenvalue weighted by atomic mass is 16.6. The molecule has 0 atom stereocenters. The first-order valence-electron chi connectivity index (χ1n) is 3.87. The fourth-order valence-corrected chi connectivity index (χ4v) is 0.633. The van der Waals surface area contributed by atoms with Gasteiger partial charge in [0.15, 0.2) is 0 Å². The van der Waals surface area contributed by atoms with Crippen LogP contribution < -0.4 is 5.43 Å². The molecule has 11 heavy (non-hydrogen) atoms. The van der Waals surface area contributed by atoms with Gasteiger partial charge >= 0.3 is 6.09 Å². The highest BCUT2D eigenvalue weighted by Crippen LogP contribution is 1.85. The first kappa shape index (κ1) is 10.2. The predicted octanol–water partition coefficient (Wildman–Crippen LogP) is 1.00. The van der Waals surface area contributed by atoms with Gasteiger partial charge in [0.25, 0.3) is 0 Å². The summed E-state index contributed by atoms with van der Waals surface area (Å²) in [4.78, 5) is 10.7. The number of ether oxygens (including phenoxy) is 1. The zero-order valence-corrected chi connectivity index (χ0v) is 7.33. The zero-order chi connectivity index (χ0) is 8.69. The third-order valence-electron chi connectivity index (χ3n) is 1.22. The van der Waals surface area contributed by atoms with E-state index < -0.39 is 6.09 Å². The molecule has 0 aromatic heterocycles. The van der Waals surface area contributed by atoms with Crippen LogP contribution in [-0.4, -0.2) is 30.8 Å². The average Bonchev–Trinajstić information content (AvgIpc) is 2.01. The van der Waals surface area contributed by atoms with Crippen molar-refractivity contribution in [2.45, 2.75) is 20.8 Å². The average molecular weight is 159 g/mol. The third kappa shape index (κ3) is 4.61. The van der Waals surface area contributed by atoms with E-state index in [1.807, 2.05) is 13.8 Å². The Bertz CT molecular complexity index is 113. The normalized spacial score (nSPS) is 9.82. The van der Waals surface area contributed by atoms with Crippen LogP contribution in [0.5, 0.6) is 0 Å². The Morgan fingerprint density at radius 1 is 1.36 bits per heavy atom. The number of nitrogens with zero attached hydrogens (tertiary/aromatic N) is 2. The SMILES string of the molecule is CCOC(=O)[N]N(CC)CC. The summed E-state index contributed by atoms with van der Waals surface area (Å²) in [5, 5.41) is 1.65. The minimum Gasteiger partial charge on any atom is -0.447 e. The van der Waals surface area contributed by atoms with Crippen molar-refractivity contribution >= 4 is 6.09 Å². The summed E-state index contributed by atoms with van der Waals surface area (Å²) >= 11 is 0. The van der Waals surface area contributed by atoms with Crippen LogP contribution in [0.2, 0.25) is 0 Å². The van der Waals surface area contributed by atoms with Crippen molar-refractivity contribution in [2.75, 3.05) is 19.7 Å². The topological polar surface area (TPSA) is 43.6 Å². The predicted molar refractivity (Wildman–Crippen MR) is 42.1 cm³/mol. The molecule has 0 aromatic carbocycles. The number of rotatable bonds is 4. The lowest BCUT2D eigenvalue weighted by molar-refractivity contribution is 0.110. The molecule has 0 saturated heterocycles. The van der Waals surface area contributed by atoms with Gasteiger partial charge in [-0.1, -0.05) is 13.8 Å². The second-order valence-electron chi connectivity index (χ2n) is 1.94. The van der Waals surface area contributed by atoms with Gasteiger partial charge in [-0.2, -0.15) is 5.01 Å². The molecule has 4 heteroatoms. The lowest BCUT2D eigenvalue weighted by atomic mass is 10.6. The third-order valence-corrected chi connectivity index (χ3v) is 1.22. The maximum absolute atomic E-state index is 10.7. The summed E-state index contributed by atoms with van der Waals surface area (Å²) < 4.78 is 4.63. The smallest absolute Gasteiger partial charge is 0.445 e. The fourth-order valence-electron chi connectivity index (χ4n) is 0.633. The quantitative estimate of drug-likeness (QED) is 0.575. The van der Waals surface area contributed by atoms with Crippen molar-refractivity contribution in [1.82, 2.24) is 10.4 Å². The van der Waals surface area contributed by atoms with Crippen molar-refractivity contribution in [1.29, 1.82) is 0 Å². The van der Waals surface area contributed by atoms with Crippen LogP contribution in [0.25, 0.3) is 0 Å². The van der Waals surface area contributed by atoms with Crippen LogP contribution in [0.4, 0.5) is 4.79 Å². The Morgan fingerprint density at radius 2 is 1.91 bits per heavy atom. The Morgan fingerprint density at radius 3 is 2.27 bits per heavy atom. The van der Waals surface area contributed by atoms with Crippen LogP contribution in [0.3, 0.4) is 0 Å². The number of hydrogen-bond acceptors (Lipinski definition) is 3. The zero-order valence-electron chi connectivity index (χ0n) is 7.33. The van der Waals surface area contributed by atoms with Gasteiger partial charge in [-0.15, -0.1) is 5.43 Å². The Hall–Kier alpha value is -0.770. The molecule has 0 rings (SSSR count). The molecule has 0 saturated carbocycles. The van der Waals surface area contributed by atoms with Crippen LogP contribution in [0.1, 0.15) is 20.8 Å². The van der Waals surface area contributed by atoms with Crippen LogP contribution in [0.15, 0.2) is 0 Å². The first-order valence-corrected chi connectivity index (χ1v) is 3.87. The largest absolute Gasteiger partial charge is 0.447 e. The lowest BCUT2D eigenvalue weighted by Crippen LogP contribution is -2.35. The second-order valence-corrected chi connectivity index (χ2v) is 1.94. The molecule has 0 spiro atoms. The highest BCUT2D eigenvalue weighted by molar-refractivity contribution is 5.66. The first-order chi connectivity index (χ1) is 5.24. The number of amides is 1. The molecule has 0 aliphatic carbocycles. The molecule has 0 N–H and O–H groups in total. The van der Waals surface area contributed by atoms with Gasteiger partial charge in [-0.05, 0) is 6.92 Å². The van der Waals surface area contributed by atoms with Gasteiger partial charge in [-0.25, -0.2) is 4.79 Å². The molecule has 1 radical (unpaired) electrons. The van der Waals surface area contributed by atoms with E-state index in [0.717, 1.165) is 13.1 Å². The summed E-state index contributed by atoms with van der Waals surface area (Å²) in [5.74, 6) is 0. The highest BCUT2D eigenvalue weighted by Gasteiger charge is 2.07. The Labute approximate surface area is 67.5 Å². The van der Waals surface area contributed by atoms with Gasteiger partial charge in [0, 0.05) is 13.1 Å². The molecule has 0 bridgehead atoms. The molecule has 0 heterocycles. The Kier molecular flexibility index (Phi) is 5.56. The molecule has 0 aliphatic rings. The molecule has 4 nitrogen and oxygen atoms in total. The van der Waals surface area contributed by atoms with E-state index in [4.69, 9.17) is 0 Å².